The maximum Gasteiger partial charge on any atom is 0.244 e. The van der Waals surface area contributed by atoms with Gasteiger partial charge in [-0.25, -0.2) is 8.42 Å². The summed E-state index contributed by atoms with van der Waals surface area (Å²) in [6.45, 7) is 0.632. The Kier molecular flexibility index (Phi) is 4.27. The quantitative estimate of drug-likeness (QED) is 0.827. The van der Waals surface area contributed by atoms with Gasteiger partial charge >= 0.3 is 0 Å². The Hall–Kier alpha value is -0.530. The van der Waals surface area contributed by atoms with Crippen LogP contribution in [0.1, 0.15) is 6.42 Å². The van der Waals surface area contributed by atoms with Crippen molar-refractivity contribution in [3.63, 3.8) is 0 Å². The molecule has 1 aliphatic rings. The van der Waals surface area contributed by atoms with E-state index >= 15 is 0 Å². The predicted molar refractivity (Wildman–Crippen MR) is 74.8 cm³/mol. The molecule has 1 aromatic carbocycles. The molecule has 1 fully saturated rings. The van der Waals surface area contributed by atoms with Crippen molar-refractivity contribution in [2.24, 2.45) is 5.92 Å². The van der Waals surface area contributed by atoms with E-state index in [0.29, 0.717) is 13.0 Å². The fraction of sp³-hybridized carbons (Fsp3) is 0.455. The largest absolute Gasteiger partial charge is 0.396 e. The smallest absolute Gasteiger partial charge is 0.244 e. The lowest BCUT2D eigenvalue weighted by atomic mass is 10.1. The molecule has 1 aliphatic heterocycles. The number of aliphatic hydroxyl groups is 1. The van der Waals surface area contributed by atoms with Crippen molar-refractivity contribution in [3.05, 3.63) is 22.2 Å². The summed E-state index contributed by atoms with van der Waals surface area (Å²) in [6.07, 6.45) is 0.635. The molecule has 19 heavy (non-hydrogen) atoms. The van der Waals surface area contributed by atoms with Crippen LogP contribution in [0.25, 0.3) is 0 Å². The van der Waals surface area contributed by atoms with Gasteiger partial charge in [-0.05, 0) is 24.5 Å². The van der Waals surface area contributed by atoms with Gasteiger partial charge in [-0.15, -0.1) is 0 Å². The second-order valence-corrected chi connectivity index (χ2v) is 7.17. The van der Waals surface area contributed by atoms with Crippen LogP contribution in [0.3, 0.4) is 0 Å². The summed E-state index contributed by atoms with van der Waals surface area (Å²) in [5.41, 5.74) is 5.70. The summed E-state index contributed by atoms with van der Waals surface area (Å²) in [4.78, 5) is -0.0466. The van der Waals surface area contributed by atoms with Gasteiger partial charge in [0.2, 0.25) is 10.0 Å². The zero-order chi connectivity index (χ0) is 14.2. The van der Waals surface area contributed by atoms with Gasteiger partial charge < -0.3 is 10.8 Å². The molecule has 2 rings (SSSR count). The molecule has 0 spiro atoms. The number of rotatable bonds is 3. The maximum atomic E-state index is 12.4. The molecular weight excluding hydrogens is 311 g/mol. The minimum Gasteiger partial charge on any atom is -0.396 e. The molecule has 1 heterocycles. The zero-order valence-electron chi connectivity index (χ0n) is 10.0. The Morgan fingerprint density at radius 2 is 2.11 bits per heavy atom. The lowest BCUT2D eigenvalue weighted by Crippen LogP contribution is -2.29. The molecule has 106 valence electrons. The predicted octanol–water partition coefficient (Wildman–Crippen LogP) is 1.58. The van der Waals surface area contributed by atoms with Crippen LogP contribution in [0, 0.1) is 5.92 Å². The molecule has 0 bridgehead atoms. The van der Waals surface area contributed by atoms with E-state index in [1.807, 2.05) is 0 Å². The Labute approximate surface area is 122 Å². The van der Waals surface area contributed by atoms with E-state index in [9.17, 15) is 8.42 Å². The van der Waals surface area contributed by atoms with Crippen molar-refractivity contribution >= 4 is 38.9 Å². The van der Waals surface area contributed by atoms with Gasteiger partial charge in [-0.1, -0.05) is 23.2 Å². The maximum absolute atomic E-state index is 12.4. The van der Waals surface area contributed by atoms with E-state index in [1.54, 1.807) is 0 Å². The molecular formula is C11H14Cl2N2O3S. The second-order valence-electron chi connectivity index (χ2n) is 4.47. The van der Waals surface area contributed by atoms with Crippen molar-refractivity contribution < 1.29 is 13.5 Å². The number of nitrogens with zero attached hydrogens (tertiary/aromatic N) is 1. The van der Waals surface area contributed by atoms with Crippen LogP contribution in [0.5, 0.6) is 0 Å². The monoisotopic (exact) mass is 324 g/mol. The van der Waals surface area contributed by atoms with Crippen molar-refractivity contribution in [1.29, 1.82) is 0 Å². The Morgan fingerprint density at radius 3 is 2.68 bits per heavy atom. The van der Waals surface area contributed by atoms with Gasteiger partial charge in [0.25, 0.3) is 0 Å². The Balaban J connectivity index is 2.38. The Bertz CT molecular complexity index is 592. The molecule has 0 saturated carbocycles. The van der Waals surface area contributed by atoms with Crippen LogP contribution in [0.4, 0.5) is 5.69 Å². The third-order valence-electron chi connectivity index (χ3n) is 3.22. The van der Waals surface area contributed by atoms with Crippen LogP contribution < -0.4 is 5.73 Å². The van der Waals surface area contributed by atoms with Crippen LogP contribution >= 0.6 is 23.2 Å². The van der Waals surface area contributed by atoms with E-state index < -0.39 is 10.0 Å². The van der Waals surface area contributed by atoms with Crippen LogP contribution in [0.15, 0.2) is 17.0 Å². The Morgan fingerprint density at radius 1 is 1.42 bits per heavy atom. The number of halogens is 2. The van der Waals surface area contributed by atoms with Crippen molar-refractivity contribution in [2.45, 2.75) is 11.3 Å². The number of hydrogen-bond acceptors (Lipinski definition) is 4. The van der Waals surface area contributed by atoms with Crippen molar-refractivity contribution in [1.82, 2.24) is 4.31 Å². The standard InChI is InChI=1S/C11H14Cl2N2O3S/c12-8-1-2-9(10(13)11(8)14)19(17,18)15-4-3-7(5-15)6-16/h1-2,7,16H,3-6,14H2. The van der Waals surface area contributed by atoms with E-state index in [4.69, 9.17) is 34.0 Å². The first-order valence-corrected chi connectivity index (χ1v) is 7.92. The summed E-state index contributed by atoms with van der Waals surface area (Å²) in [5, 5.41) is 9.24. The fourth-order valence-corrected chi connectivity index (χ4v) is 4.32. The normalized spacial score (nSPS) is 20.9. The molecule has 0 aromatic heterocycles. The third-order valence-corrected chi connectivity index (χ3v) is 5.97. The highest BCUT2D eigenvalue weighted by Gasteiger charge is 2.34. The number of hydrogen-bond donors (Lipinski definition) is 2. The van der Waals surface area contributed by atoms with Crippen molar-refractivity contribution in [2.75, 3.05) is 25.4 Å². The third kappa shape index (κ3) is 2.68. The van der Waals surface area contributed by atoms with E-state index in [2.05, 4.69) is 0 Å². The minimum absolute atomic E-state index is 0.0253. The van der Waals surface area contributed by atoms with Gasteiger partial charge in [-0.2, -0.15) is 4.31 Å². The summed E-state index contributed by atoms with van der Waals surface area (Å²) in [7, 11) is -3.70. The number of benzene rings is 1. The molecule has 1 saturated heterocycles. The summed E-state index contributed by atoms with van der Waals surface area (Å²) in [6, 6.07) is 2.76. The molecule has 0 aliphatic carbocycles. The van der Waals surface area contributed by atoms with E-state index in [-0.39, 0.29) is 39.7 Å². The lowest BCUT2D eigenvalue weighted by molar-refractivity contribution is 0.233. The number of anilines is 1. The van der Waals surface area contributed by atoms with Crippen molar-refractivity contribution in [3.8, 4) is 0 Å². The van der Waals surface area contributed by atoms with E-state index in [0.717, 1.165) is 0 Å². The summed E-state index contributed by atoms with van der Waals surface area (Å²) < 4.78 is 26.2. The molecule has 1 atom stereocenters. The van der Waals surface area contributed by atoms with Gasteiger partial charge in [-0.3, -0.25) is 0 Å². The highest BCUT2D eigenvalue weighted by atomic mass is 35.5. The zero-order valence-corrected chi connectivity index (χ0v) is 12.3. The fourth-order valence-electron chi connectivity index (χ4n) is 2.05. The molecule has 3 N–H and O–H groups in total. The number of nitrogens with two attached hydrogens (primary N) is 1. The van der Waals surface area contributed by atoms with Crippen LogP contribution in [-0.4, -0.2) is 37.5 Å². The number of aliphatic hydroxyl groups excluding tert-OH is 1. The molecule has 8 heteroatoms. The number of sulfonamides is 1. The SMILES string of the molecule is Nc1c(Cl)ccc(S(=O)(=O)N2CCC(CO)C2)c1Cl. The topological polar surface area (TPSA) is 83.6 Å². The molecule has 5 nitrogen and oxygen atoms in total. The lowest BCUT2D eigenvalue weighted by Gasteiger charge is -2.18. The first kappa shape index (κ1) is 14.9. The number of nitrogen functional groups attached to an aromatic ring is 1. The van der Waals surface area contributed by atoms with Crippen LogP contribution in [0.2, 0.25) is 10.0 Å². The van der Waals surface area contributed by atoms with E-state index in [1.165, 1.54) is 16.4 Å². The molecule has 1 aromatic rings. The van der Waals surface area contributed by atoms with Gasteiger partial charge in [0.1, 0.15) is 4.90 Å². The minimum atomic E-state index is -3.70. The van der Waals surface area contributed by atoms with Crippen LogP contribution in [-0.2, 0) is 10.0 Å². The van der Waals surface area contributed by atoms with Gasteiger partial charge in [0, 0.05) is 19.7 Å². The summed E-state index contributed by atoms with van der Waals surface area (Å²) >= 11 is 11.8. The molecule has 1 unspecified atom stereocenters. The highest BCUT2D eigenvalue weighted by Crippen LogP contribution is 2.35. The highest BCUT2D eigenvalue weighted by molar-refractivity contribution is 7.89. The average molecular weight is 325 g/mol. The van der Waals surface area contributed by atoms with Gasteiger partial charge in [0.05, 0.1) is 15.7 Å². The average Bonchev–Trinajstić information content (AvgIpc) is 2.85. The summed E-state index contributed by atoms with van der Waals surface area (Å²) in [5.74, 6) is -0.0294. The molecule has 0 amide bonds. The second kappa shape index (κ2) is 5.46. The first-order valence-electron chi connectivity index (χ1n) is 5.72. The first-order chi connectivity index (χ1) is 8.87. The van der Waals surface area contributed by atoms with Gasteiger partial charge in [0.15, 0.2) is 0 Å². The molecule has 0 radical (unpaired) electrons.